The maximum atomic E-state index is 5.38. The molecule has 8 heavy (non-hydrogen) atoms. The lowest BCUT2D eigenvalue weighted by Gasteiger charge is -2.02. The summed E-state index contributed by atoms with van der Waals surface area (Å²) in [5.74, 6) is 0.707. The first-order valence-electron chi connectivity index (χ1n) is 2.56. The van der Waals surface area contributed by atoms with Crippen LogP contribution in [0.2, 0.25) is 0 Å². The summed E-state index contributed by atoms with van der Waals surface area (Å²) < 4.78 is 0. The molecule has 1 N–H and O–H groups in total. The van der Waals surface area contributed by atoms with Crippen LogP contribution in [0.4, 0.5) is 0 Å². The van der Waals surface area contributed by atoms with Crippen LogP contribution in [0.15, 0.2) is 0 Å². The highest BCUT2D eigenvalue weighted by Crippen LogP contribution is 1.75. The van der Waals surface area contributed by atoms with E-state index >= 15 is 0 Å². The molecular formula is C5H13Cl2N. The van der Waals surface area contributed by atoms with Crippen LogP contribution < -0.4 is 5.32 Å². The third-order valence-electron chi connectivity index (χ3n) is 0.647. The van der Waals surface area contributed by atoms with Crippen molar-refractivity contribution in [2.45, 2.75) is 19.9 Å². The molecule has 0 radical (unpaired) electrons. The first-order chi connectivity index (χ1) is 3.27. The predicted molar refractivity (Wildman–Crippen MR) is 41.1 cm³/mol. The second-order valence-electron chi connectivity index (χ2n) is 1.80. The van der Waals surface area contributed by atoms with Gasteiger partial charge in [0.1, 0.15) is 0 Å². The Morgan fingerprint density at radius 2 is 2.00 bits per heavy atom. The number of hydrogen-bond acceptors (Lipinski definition) is 1. The Kier molecular flexibility index (Phi) is 10.7. The van der Waals surface area contributed by atoms with E-state index in [0.29, 0.717) is 11.9 Å². The van der Waals surface area contributed by atoms with Crippen molar-refractivity contribution < 1.29 is 0 Å². The van der Waals surface area contributed by atoms with Gasteiger partial charge in [-0.1, -0.05) is 13.8 Å². The van der Waals surface area contributed by atoms with Gasteiger partial charge >= 0.3 is 0 Å². The lowest BCUT2D eigenvalue weighted by atomic mass is 10.4. The van der Waals surface area contributed by atoms with E-state index in [2.05, 4.69) is 19.2 Å². The highest BCUT2D eigenvalue weighted by atomic mass is 35.5. The maximum absolute atomic E-state index is 5.38. The Morgan fingerprint density at radius 1 is 1.50 bits per heavy atom. The zero-order valence-corrected chi connectivity index (χ0v) is 6.85. The fraction of sp³-hybridized carbons (Fsp3) is 1.00. The van der Waals surface area contributed by atoms with Crippen molar-refractivity contribution in [3.63, 3.8) is 0 Å². The van der Waals surface area contributed by atoms with Crippen molar-refractivity contribution in [2.75, 3.05) is 12.4 Å². The van der Waals surface area contributed by atoms with E-state index < -0.39 is 0 Å². The first-order valence-corrected chi connectivity index (χ1v) is 3.10. The van der Waals surface area contributed by atoms with Gasteiger partial charge in [-0.25, -0.2) is 0 Å². The molecule has 1 nitrogen and oxygen atoms in total. The normalized spacial score (nSPS) is 9.00. The van der Waals surface area contributed by atoms with Gasteiger partial charge < -0.3 is 5.32 Å². The zero-order chi connectivity index (χ0) is 5.70. The first kappa shape index (κ1) is 11.4. The molecule has 0 aliphatic heterocycles. The molecule has 0 aromatic rings. The molecule has 52 valence electrons. The Morgan fingerprint density at radius 3 is 2.12 bits per heavy atom. The number of halogens is 2. The summed E-state index contributed by atoms with van der Waals surface area (Å²) >= 11 is 5.38. The molecule has 0 bridgehead atoms. The fourth-order valence-corrected chi connectivity index (χ4v) is 0.452. The third-order valence-corrected chi connectivity index (χ3v) is 0.836. The quantitative estimate of drug-likeness (QED) is 0.615. The molecule has 3 heteroatoms. The Hall–Kier alpha value is 0.540. The smallest absolute Gasteiger partial charge is 0.0348 e. The highest BCUT2D eigenvalue weighted by Gasteiger charge is 1.86. The Balaban J connectivity index is 0. The van der Waals surface area contributed by atoms with Gasteiger partial charge in [0.25, 0.3) is 0 Å². The minimum atomic E-state index is 0. The summed E-state index contributed by atoms with van der Waals surface area (Å²) in [6.45, 7) is 5.12. The van der Waals surface area contributed by atoms with Gasteiger partial charge in [0.05, 0.1) is 0 Å². The lowest BCUT2D eigenvalue weighted by Crippen LogP contribution is -2.24. The van der Waals surface area contributed by atoms with E-state index in [1.807, 2.05) is 0 Å². The molecule has 0 aliphatic carbocycles. The highest BCUT2D eigenvalue weighted by molar-refractivity contribution is 6.18. The van der Waals surface area contributed by atoms with Crippen LogP contribution in [0.1, 0.15) is 13.8 Å². The van der Waals surface area contributed by atoms with E-state index in [-0.39, 0.29) is 12.4 Å². The van der Waals surface area contributed by atoms with E-state index in [1.165, 1.54) is 0 Å². The summed E-state index contributed by atoms with van der Waals surface area (Å²) in [6.07, 6.45) is 0. The molecule has 0 aromatic carbocycles. The van der Waals surface area contributed by atoms with Crippen LogP contribution in [0.3, 0.4) is 0 Å². The summed E-state index contributed by atoms with van der Waals surface area (Å²) in [7, 11) is 0. The predicted octanol–water partition coefficient (Wildman–Crippen LogP) is 1.64. The van der Waals surface area contributed by atoms with Crippen LogP contribution in [0.25, 0.3) is 0 Å². The summed E-state index contributed by atoms with van der Waals surface area (Å²) in [4.78, 5) is 0. The van der Waals surface area contributed by atoms with Crippen LogP contribution in [-0.2, 0) is 0 Å². The molecule has 0 heterocycles. The minimum absolute atomic E-state index is 0. The Bertz CT molecular complexity index is 39.4. The van der Waals surface area contributed by atoms with Crippen molar-refractivity contribution in [1.29, 1.82) is 0 Å². The summed E-state index contributed by atoms with van der Waals surface area (Å²) in [6, 6.07) is 0.568. The van der Waals surface area contributed by atoms with Gasteiger partial charge in [-0.3, -0.25) is 0 Å². The van der Waals surface area contributed by atoms with Crippen LogP contribution in [-0.4, -0.2) is 18.5 Å². The van der Waals surface area contributed by atoms with Crippen LogP contribution >= 0.6 is 24.0 Å². The maximum Gasteiger partial charge on any atom is 0.0348 e. The Labute approximate surface area is 62.2 Å². The van der Waals surface area contributed by atoms with E-state index in [1.54, 1.807) is 0 Å². The molecule has 0 aliphatic rings. The minimum Gasteiger partial charge on any atom is -0.313 e. The second kappa shape index (κ2) is 7.54. The third kappa shape index (κ3) is 9.74. The van der Waals surface area contributed by atoms with E-state index in [4.69, 9.17) is 11.6 Å². The van der Waals surface area contributed by atoms with Crippen molar-refractivity contribution in [3.8, 4) is 0 Å². The van der Waals surface area contributed by atoms with Gasteiger partial charge in [-0.05, 0) is 0 Å². The molecule has 0 atom stereocenters. The molecule has 0 saturated carbocycles. The molecule has 0 saturated heterocycles. The molecular weight excluding hydrogens is 145 g/mol. The average molecular weight is 158 g/mol. The number of hydrogen-bond donors (Lipinski definition) is 1. The van der Waals surface area contributed by atoms with Crippen molar-refractivity contribution in [3.05, 3.63) is 0 Å². The second-order valence-corrected chi connectivity index (χ2v) is 2.18. The van der Waals surface area contributed by atoms with E-state index in [9.17, 15) is 0 Å². The summed E-state index contributed by atoms with van der Waals surface area (Å²) in [5, 5.41) is 3.16. The van der Waals surface area contributed by atoms with Crippen molar-refractivity contribution in [1.82, 2.24) is 5.32 Å². The largest absolute Gasteiger partial charge is 0.313 e. The molecule has 0 fully saturated rings. The van der Waals surface area contributed by atoms with Gasteiger partial charge in [0.15, 0.2) is 0 Å². The molecule has 0 aromatic heterocycles. The van der Waals surface area contributed by atoms with Gasteiger partial charge in [0.2, 0.25) is 0 Å². The van der Waals surface area contributed by atoms with Crippen molar-refractivity contribution in [2.24, 2.45) is 0 Å². The number of rotatable bonds is 3. The van der Waals surface area contributed by atoms with Gasteiger partial charge in [-0.15, -0.1) is 24.0 Å². The summed E-state index contributed by atoms with van der Waals surface area (Å²) in [5.41, 5.74) is 0. The van der Waals surface area contributed by atoms with Crippen LogP contribution in [0.5, 0.6) is 0 Å². The SMILES string of the molecule is CC(C)NCCCl.Cl. The molecule has 0 spiro atoms. The standard InChI is InChI=1S/C5H12ClN.ClH/c1-5(2)7-4-3-6;/h5,7H,3-4H2,1-2H3;1H. The molecule has 0 unspecified atom stereocenters. The van der Waals surface area contributed by atoms with Gasteiger partial charge in [-0.2, -0.15) is 0 Å². The number of nitrogens with one attached hydrogen (secondary N) is 1. The monoisotopic (exact) mass is 157 g/mol. The van der Waals surface area contributed by atoms with E-state index in [0.717, 1.165) is 6.54 Å². The van der Waals surface area contributed by atoms with Gasteiger partial charge in [0, 0.05) is 18.5 Å². The number of alkyl halides is 1. The molecule has 0 amide bonds. The van der Waals surface area contributed by atoms with Crippen molar-refractivity contribution >= 4 is 24.0 Å². The fourth-order valence-electron chi connectivity index (χ4n) is 0.343. The molecule has 0 rings (SSSR count). The topological polar surface area (TPSA) is 12.0 Å². The lowest BCUT2D eigenvalue weighted by molar-refractivity contribution is 0.615. The zero-order valence-electron chi connectivity index (χ0n) is 5.28. The van der Waals surface area contributed by atoms with Crippen LogP contribution in [0, 0.1) is 0 Å². The average Bonchev–Trinajstić information content (AvgIpc) is 1.61.